The Morgan fingerprint density at radius 3 is 2.34 bits per heavy atom. The molecule has 0 N–H and O–H groups in total. The van der Waals surface area contributed by atoms with Crippen LogP contribution in [0.4, 0.5) is 0 Å². The molecule has 3 aliphatic rings. The van der Waals surface area contributed by atoms with Gasteiger partial charge in [-0.1, -0.05) is 0 Å². The molecule has 2 aromatic rings. The monoisotopic (exact) mass is 516 g/mol. The Morgan fingerprint density at radius 1 is 0.966 bits per heavy atom. The molecule has 29 heavy (non-hydrogen) atoms. The molecule has 4 unspecified atom stereocenters. The van der Waals surface area contributed by atoms with E-state index in [1.807, 2.05) is 10.4 Å². The molecule has 1 aliphatic heterocycles. The first-order chi connectivity index (χ1) is 13.0. The molecule has 0 fully saturated rings. The number of allylic oxidation sites excluding steroid dienone is 2. The van der Waals surface area contributed by atoms with E-state index in [1.165, 1.54) is 12.0 Å². The van der Waals surface area contributed by atoms with Gasteiger partial charge in [-0.25, -0.2) is 0 Å². The van der Waals surface area contributed by atoms with Crippen molar-refractivity contribution in [2.24, 2.45) is 5.92 Å². The predicted octanol–water partition coefficient (Wildman–Crippen LogP) is 1.03. The van der Waals surface area contributed by atoms with E-state index in [4.69, 9.17) is 0 Å². The van der Waals surface area contributed by atoms with Crippen LogP contribution in [-0.4, -0.2) is 8.07 Å². The first kappa shape index (κ1) is 23.3. The fourth-order valence-electron chi connectivity index (χ4n) is 5.45. The maximum atomic E-state index is 2.59. The molecule has 4 heteroatoms. The molecule has 5 rings (SSSR count). The second kappa shape index (κ2) is 8.62. The first-order valence-corrected chi connectivity index (χ1v) is 16.3. The SMILES string of the molecule is CCC(C)[CH]([Zr+2][CH]1C2=C(c3ccccc31)[Si]2(C)C)C1C=Cc2ccccc21.[Cl-].[Cl-]. The Hall–Kier alpha value is -0.400. The van der Waals surface area contributed by atoms with Crippen LogP contribution in [0.5, 0.6) is 0 Å². The molecular weight excluding hydrogens is 490 g/mol. The molecule has 0 saturated carbocycles. The van der Waals surface area contributed by atoms with E-state index in [2.05, 4.69) is 87.6 Å². The topological polar surface area (TPSA) is 0 Å². The van der Waals surface area contributed by atoms with Crippen molar-refractivity contribution in [1.82, 2.24) is 0 Å². The van der Waals surface area contributed by atoms with Crippen LogP contribution < -0.4 is 24.8 Å². The Morgan fingerprint density at radius 2 is 1.62 bits per heavy atom. The number of rotatable bonds is 5. The Balaban J connectivity index is 0.00000120. The van der Waals surface area contributed by atoms with Crippen LogP contribution >= 0.6 is 0 Å². The molecule has 0 spiro atoms. The normalized spacial score (nSPS) is 23.7. The van der Waals surface area contributed by atoms with Crippen molar-refractivity contribution in [3.63, 3.8) is 0 Å². The van der Waals surface area contributed by atoms with E-state index < -0.39 is 31.3 Å². The van der Waals surface area contributed by atoms with Gasteiger partial charge < -0.3 is 24.8 Å². The fraction of sp³-hybridized carbons (Fsp3) is 0.360. The molecule has 0 radical (unpaired) electrons. The van der Waals surface area contributed by atoms with Gasteiger partial charge in [-0.3, -0.25) is 0 Å². The zero-order valence-corrected chi connectivity index (χ0v) is 22.5. The molecule has 0 amide bonds. The summed E-state index contributed by atoms with van der Waals surface area (Å²) < 4.78 is 1.73. The van der Waals surface area contributed by atoms with Crippen LogP contribution in [0.2, 0.25) is 16.7 Å². The maximum Gasteiger partial charge on any atom is -1.00 e. The summed E-state index contributed by atoms with van der Waals surface area (Å²) in [6.45, 7) is 10.1. The fourth-order valence-corrected chi connectivity index (χ4v) is 18.1. The summed E-state index contributed by atoms with van der Waals surface area (Å²) in [7, 11) is -1.19. The van der Waals surface area contributed by atoms with Crippen molar-refractivity contribution in [1.29, 1.82) is 0 Å². The minimum absolute atomic E-state index is 0. The van der Waals surface area contributed by atoms with E-state index in [-0.39, 0.29) is 24.8 Å². The van der Waals surface area contributed by atoms with E-state index in [0.29, 0.717) is 5.92 Å². The Bertz CT molecular complexity index is 978. The zero-order valence-electron chi connectivity index (χ0n) is 17.5. The summed E-state index contributed by atoms with van der Waals surface area (Å²) in [6.07, 6.45) is 6.23. The molecular formula is C25H28Cl2SiZr. The number of hydrogen-bond donors (Lipinski definition) is 0. The van der Waals surface area contributed by atoms with Crippen molar-refractivity contribution in [2.75, 3.05) is 0 Å². The molecule has 4 atom stereocenters. The average molecular weight is 519 g/mol. The minimum atomic E-state index is -1.19. The number of benzene rings is 2. The van der Waals surface area contributed by atoms with Crippen molar-refractivity contribution < 1.29 is 48.0 Å². The van der Waals surface area contributed by atoms with E-state index in [1.54, 1.807) is 16.7 Å². The molecule has 2 aromatic carbocycles. The number of hydrogen-bond acceptors (Lipinski definition) is 0. The summed E-state index contributed by atoms with van der Waals surface area (Å²) >= 11 is -0.640. The molecule has 1 heterocycles. The summed E-state index contributed by atoms with van der Waals surface area (Å²) in [4.78, 5) is 0. The van der Waals surface area contributed by atoms with Crippen LogP contribution in [0, 0.1) is 5.92 Å². The van der Waals surface area contributed by atoms with Gasteiger partial charge >= 0.3 is 177 Å². The Labute approximate surface area is 200 Å². The maximum absolute atomic E-state index is 2.59. The molecule has 0 aromatic heterocycles. The third-order valence-corrected chi connectivity index (χ3v) is 16.8. The predicted molar refractivity (Wildman–Crippen MR) is 115 cm³/mol. The van der Waals surface area contributed by atoms with Crippen LogP contribution in [-0.2, 0) is 23.2 Å². The molecule has 2 aliphatic carbocycles. The van der Waals surface area contributed by atoms with Crippen LogP contribution in [0.1, 0.15) is 52.1 Å². The van der Waals surface area contributed by atoms with Crippen molar-refractivity contribution >= 4 is 19.3 Å². The summed E-state index contributed by atoms with van der Waals surface area (Å²) in [5.41, 5.74) is 6.39. The molecule has 0 saturated heterocycles. The van der Waals surface area contributed by atoms with E-state index >= 15 is 0 Å². The number of halogens is 2. The zero-order chi connectivity index (χ0) is 18.8. The van der Waals surface area contributed by atoms with Crippen LogP contribution in [0.3, 0.4) is 0 Å². The third-order valence-electron chi connectivity index (χ3n) is 7.18. The number of fused-ring (bicyclic) bond motifs is 3. The molecule has 150 valence electrons. The van der Waals surface area contributed by atoms with Crippen LogP contribution in [0.25, 0.3) is 11.3 Å². The van der Waals surface area contributed by atoms with Gasteiger partial charge in [0.25, 0.3) is 0 Å². The first-order valence-electron chi connectivity index (χ1n) is 10.4. The van der Waals surface area contributed by atoms with Gasteiger partial charge in [0.2, 0.25) is 0 Å². The van der Waals surface area contributed by atoms with Gasteiger partial charge in [0, 0.05) is 0 Å². The third kappa shape index (κ3) is 3.63. The van der Waals surface area contributed by atoms with Crippen molar-refractivity contribution in [3.8, 4) is 0 Å². The van der Waals surface area contributed by atoms with Gasteiger partial charge in [0.05, 0.1) is 0 Å². The van der Waals surface area contributed by atoms with Gasteiger partial charge in [-0.2, -0.15) is 0 Å². The average Bonchev–Trinajstić information content (AvgIpc) is 3.02. The van der Waals surface area contributed by atoms with Gasteiger partial charge in [0.15, 0.2) is 0 Å². The van der Waals surface area contributed by atoms with E-state index in [0.717, 1.165) is 13.2 Å². The standard InChI is InChI=1S/C14H17.C11H11Si.2ClH.Zr/c1-3-11(2)10-13-9-8-12-6-4-5-7-14(12)13;1-12(2)10-7-8-5-3-4-6-9(8)11(10)12;;;/h4-11,13H,3H2,1-2H3;3-7H,1-2H3;2*1H;/q;;;;+2/p-2. The van der Waals surface area contributed by atoms with Crippen molar-refractivity contribution in [2.45, 2.75) is 46.5 Å². The van der Waals surface area contributed by atoms with Gasteiger partial charge in [-0.05, 0) is 0 Å². The quantitative estimate of drug-likeness (QED) is 0.519. The van der Waals surface area contributed by atoms with E-state index in [9.17, 15) is 0 Å². The van der Waals surface area contributed by atoms with Gasteiger partial charge in [0.1, 0.15) is 0 Å². The summed E-state index contributed by atoms with van der Waals surface area (Å²) in [5.74, 6) is 1.47. The molecule has 0 bridgehead atoms. The minimum Gasteiger partial charge on any atom is -1.00 e. The summed E-state index contributed by atoms with van der Waals surface area (Å²) in [6, 6.07) is 18.5. The second-order valence-corrected chi connectivity index (χ2v) is 17.2. The van der Waals surface area contributed by atoms with Crippen molar-refractivity contribution in [3.05, 3.63) is 82.1 Å². The van der Waals surface area contributed by atoms with Crippen LogP contribution in [0.15, 0.2) is 59.8 Å². The second-order valence-electron chi connectivity index (χ2n) is 9.03. The molecule has 0 nitrogen and oxygen atoms in total. The summed E-state index contributed by atoms with van der Waals surface area (Å²) in [5, 5.41) is 3.77. The largest absolute Gasteiger partial charge is 1.00 e. The van der Waals surface area contributed by atoms with Gasteiger partial charge in [-0.15, -0.1) is 0 Å². The smallest absolute Gasteiger partial charge is 1.00 e. The Kier molecular flexibility index (Phi) is 6.92.